The largest absolute Gasteiger partial charge is 0.479 e. The molecule has 1 saturated heterocycles. The average molecular weight is 371 g/mol. The molecule has 1 heterocycles. The van der Waals surface area contributed by atoms with Crippen LogP contribution in [-0.4, -0.2) is 47.7 Å². The van der Waals surface area contributed by atoms with Crippen molar-refractivity contribution in [1.29, 1.82) is 0 Å². The first-order chi connectivity index (χ1) is 11.2. The minimum atomic E-state index is -3.34. The van der Waals surface area contributed by atoms with Gasteiger partial charge < -0.3 is 10.4 Å². The number of sulfone groups is 1. The number of hydrogen-bond acceptors (Lipinski definition) is 5. The van der Waals surface area contributed by atoms with Gasteiger partial charge in [0.25, 0.3) is 0 Å². The number of carbonyl (C=O) groups excluding carboxylic acids is 1. The smallest absolute Gasteiger partial charge is 0.330 e. The summed E-state index contributed by atoms with van der Waals surface area (Å²) in [6.45, 7) is 3.23. The van der Waals surface area contributed by atoms with E-state index in [0.29, 0.717) is 23.5 Å². The van der Waals surface area contributed by atoms with Gasteiger partial charge in [-0.1, -0.05) is 12.1 Å². The molecular formula is C16H21NO5S2. The standard InChI is InChI=1S/C16H21NO5S2/c1-11(2)24(21,22)13-5-3-12(4-6-13)9-14(18)17-16(15(19)20)7-8-23-10-16/h3-6,11H,7-10H2,1-2H3,(H,17,18)(H,19,20). The van der Waals surface area contributed by atoms with Gasteiger partial charge >= 0.3 is 5.97 Å². The molecule has 2 N–H and O–H groups in total. The van der Waals surface area contributed by atoms with Gasteiger partial charge in [-0.15, -0.1) is 0 Å². The van der Waals surface area contributed by atoms with E-state index >= 15 is 0 Å². The van der Waals surface area contributed by atoms with Crippen molar-refractivity contribution in [2.75, 3.05) is 11.5 Å². The van der Waals surface area contributed by atoms with Crippen LogP contribution in [0, 0.1) is 0 Å². The molecule has 1 unspecified atom stereocenters. The number of aliphatic carboxylic acids is 1. The predicted octanol–water partition coefficient (Wildman–Crippen LogP) is 1.49. The monoisotopic (exact) mass is 371 g/mol. The van der Waals surface area contributed by atoms with Crippen LogP contribution in [0.15, 0.2) is 29.2 Å². The van der Waals surface area contributed by atoms with Crippen LogP contribution in [0.2, 0.25) is 0 Å². The molecule has 0 saturated carbocycles. The molecule has 0 radical (unpaired) electrons. The Labute approximate surface area is 145 Å². The van der Waals surface area contributed by atoms with Gasteiger partial charge in [0.05, 0.1) is 16.6 Å². The second-order valence-electron chi connectivity index (χ2n) is 6.15. The van der Waals surface area contributed by atoms with E-state index in [2.05, 4.69) is 5.32 Å². The molecule has 8 heteroatoms. The summed E-state index contributed by atoms with van der Waals surface area (Å²) in [7, 11) is -3.34. The van der Waals surface area contributed by atoms with Crippen molar-refractivity contribution in [3.8, 4) is 0 Å². The highest BCUT2D eigenvalue weighted by Gasteiger charge is 2.43. The van der Waals surface area contributed by atoms with Crippen molar-refractivity contribution in [2.45, 2.75) is 42.4 Å². The first-order valence-electron chi connectivity index (χ1n) is 7.62. The first kappa shape index (κ1) is 18.8. The Morgan fingerprint density at radius 3 is 2.38 bits per heavy atom. The van der Waals surface area contributed by atoms with Crippen molar-refractivity contribution in [3.63, 3.8) is 0 Å². The maximum Gasteiger partial charge on any atom is 0.330 e. The number of rotatable bonds is 6. The second-order valence-corrected chi connectivity index (χ2v) is 9.76. The van der Waals surface area contributed by atoms with E-state index in [0.717, 1.165) is 0 Å². The minimum Gasteiger partial charge on any atom is -0.479 e. The predicted molar refractivity (Wildman–Crippen MR) is 92.9 cm³/mol. The molecule has 1 fully saturated rings. The lowest BCUT2D eigenvalue weighted by atomic mass is 9.98. The van der Waals surface area contributed by atoms with Crippen LogP contribution in [-0.2, 0) is 25.8 Å². The van der Waals surface area contributed by atoms with Crippen LogP contribution in [0.3, 0.4) is 0 Å². The second kappa shape index (κ2) is 7.14. The Hall–Kier alpha value is -1.54. The Kier molecular flexibility index (Phi) is 5.59. The SMILES string of the molecule is CC(C)S(=O)(=O)c1ccc(CC(=O)NC2(C(=O)O)CCSC2)cc1. The third-order valence-electron chi connectivity index (χ3n) is 4.05. The molecule has 1 aromatic rings. The summed E-state index contributed by atoms with van der Waals surface area (Å²) in [6, 6.07) is 6.14. The van der Waals surface area contributed by atoms with Crippen molar-refractivity contribution in [1.82, 2.24) is 5.32 Å². The molecule has 6 nitrogen and oxygen atoms in total. The van der Waals surface area contributed by atoms with Crippen LogP contribution in [0.25, 0.3) is 0 Å². The van der Waals surface area contributed by atoms with Crippen LogP contribution in [0.1, 0.15) is 25.8 Å². The lowest BCUT2D eigenvalue weighted by Gasteiger charge is -2.24. The molecule has 0 spiro atoms. The molecule has 2 rings (SSSR count). The Morgan fingerprint density at radius 2 is 1.92 bits per heavy atom. The fourth-order valence-electron chi connectivity index (χ4n) is 2.45. The van der Waals surface area contributed by atoms with Gasteiger partial charge in [0.15, 0.2) is 9.84 Å². The van der Waals surface area contributed by atoms with Crippen molar-refractivity contribution in [3.05, 3.63) is 29.8 Å². The quantitative estimate of drug-likeness (QED) is 0.786. The highest BCUT2D eigenvalue weighted by atomic mass is 32.2. The molecule has 0 aromatic heterocycles. The lowest BCUT2D eigenvalue weighted by Crippen LogP contribution is -2.55. The fourth-order valence-corrected chi connectivity index (χ4v) is 4.84. The lowest BCUT2D eigenvalue weighted by molar-refractivity contribution is -0.146. The number of amides is 1. The minimum absolute atomic E-state index is 0.0156. The topological polar surface area (TPSA) is 101 Å². The van der Waals surface area contributed by atoms with E-state index in [1.165, 1.54) is 23.9 Å². The van der Waals surface area contributed by atoms with Crippen molar-refractivity contribution < 1.29 is 23.1 Å². The van der Waals surface area contributed by atoms with Crippen LogP contribution >= 0.6 is 11.8 Å². The maximum absolute atomic E-state index is 12.2. The zero-order valence-electron chi connectivity index (χ0n) is 13.6. The summed E-state index contributed by atoms with van der Waals surface area (Å²) < 4.78 is 24.1. The van der Waals surface area contributed by atoms with Crippen LogP contribution in [0.5, 0.6) is 0 Å². The molecule has 1 amide bonds. The summed E-state index contributed by atoms with van der Waals surface area (Å²) in [5, 5.41) is 11.5. The van der Waals surface area contributed by atoms with Crippen LogP contribution < -0.4 is 5.32 Å². The van der Waals surface area contributed by atoms with Crippen molar-refractivity contribution in [2.24, 2.45) is 0 Å². The number of benzene rings is 1. The zero-order chi connectivity index (χ0) is 18.0. The van der Waals surface area contributed by atoms with Gasteiger partial charge in [0.2, 0.25) is 5.91 Å². The Morgan fingerprint density at radius 1 is 1.29 bits per heavy atom. The highest BCUT2D eigenvalue weighted by Crippen LogP contribution is 2.28. The molecular weight excluding hydrogens is 350 g/mol. The molecule has 1 aliphatic heterocycles. The number of thioether (sulfide) groups is 1. The first-order valence-corrected chi connectivity index (χ1v) is 10.3. The third kappa shape index (κ3) is 3.92. The maximum atomic E-state index is 12.2. The van der Waals surface area contributed by atoms with E-state index < -0.39 is 26.6 Å². The number of hydrogen-bond donors (Lipinski definition) is 2. The van der Waals surface area contributed by atoms with E-state index in [9.17, 15) is 23.1 Å². The summed E-state index contributed by atoms with van der Waals surface area (Å²) in [4.78, 5) is 23.8. The van der Waals surface area contributed by atoms with Gasteiger partial charge in [-0.05, 0) is 43.7 Å². The van der Waals surface area contributed by atoms with Gasteiger partial charge in [-0.25, -0.2) is 13.2 Å². The molecule has 0 aliphatic carbocycles. The van der Waals surface area contributed by atoms with Gasteiger partial charge in [-0.2, -0.15) is 11.8 Å². The fraction of sp³-hybridized carbons (Fsp3) is 0.500. The van der Waals surface area contributed by atoms with Gasteiger partial charge in [0.1, 0.15) is 5.54 Å². The number of carbonyl (C=O) groups is 2. The summed E-state index contributed by atoms with van der Waals surface area (Å²) >= 11 is 1.50. The van der Waals surface area contributed by atoms with E-state index in [4.69, 9.17) is 0 Å². The Balaban J connectivity index is 2.06. The molecule has 1 aliphatic rings. The van der Waals surface area contributed by atoms with E-state index in [-0.39, 0.29) is 17.2 Å². The highest BCUT2D eigenvalue weighted by molar-refractivity contribution is 7.99. The molecule has 132 valence electrons. The average Bonchev–Trinajstić information content (AvgIpc) is 2.97. The molecule has 24 heavy (non-hydrogen) atoms. The van der Waals surface area contributed by atoms with Crippen LogP contribution in [0.4, 0.5) is 0 Å². The van der Waals surface area contributed by atoms with Gasteiger partial charge in [0, 0.05) is 5.75 Å². The summed E-state index contributed by atoms with van der Waals surface area (Å²) in [5.74, 6) is -0.327. The molecule has 1 atom stereocenters. The number of carboxylic acid groups (broad SMARTS) is 1. The van der Waals surface area contributed by atoms with E-state index in [1.54, 1.807) is 26.0 Å². The third-order valence-corrected chi connectivity index (χ3v) is 7.41. The van der Waals surface area contributed by atoms with Crippen molar-refractivity contribution >= 4 is 33.5 Å². The summed E-state index contributed by atoms with van der Waals surface area (Å²) in [6.07, 6.45) is 0.423. The number of nitrogens with one attached hydrogen (secondary N) is 1. The number of carboxylic acids is 1. The molecule has 0 bridgehead atoms. The summed E-state index contributed by atoms with van der Waals surface area (Å²) in [5.41, 5.74) is -0.552. The van der Waals surface area contributed by atoms with Gasteiger partial charge in [-0.3, -0.25) is 4.79 Å². The normalized spacial score (nSPS) is 21.0. The molecule has 1 aromatic carbocycles. The van der Waals surface area contributed by atoms with E-state index in [1.807, 2.05) is 0 Å². The Bertz CT molecular complexity index is 719. The zero-order valence-corrected chi connectivity index (χ0v) is 15.2.